The molecular formula is C42H30O9. The van der Waals surface area contributed by atoms with Gasteiger partial charge >= 0.3 is 0 Å². The van der Waals surface area contributed by atoms with Gasteiger partial charge < -0.3 is 45.2 Å². The van der Waals surface area contributed by atoms with Gasteiger partial charge in [-0.05, 0) is 106 Å². The summed E-state index contributed by atoms with van der Waals surface area (Å²) < 4.78 is 13.5. The Kier molecular flexibility index (Phi) is 6.63. The van der Waals surface area contributed by atoms with Crippen molar-refractivity contribution in [3.63, 3.8) is 0 Å². The highest BCUT2D eigenvalue weighted by atomic mass is 16.5. The van der Waals surface area contributed by atoms with Crippen LogP contribution < -0.4 is 9.47 Å². The predicted octanol–water partition coefficient (Wildman–Crippen LogP) is 8.06. The lowest BCUT2D eigenvalue weighted by atomic mass is 9.78. The topological polar surface area (TPSA) is 160 Å². The number of fused-ring (bicyclic) bond motifs is 4. The first-order chi connectivity index (χ1) is 24.6. The van der Waals surface area contributed by atoms with Crippen LogP contribution in [0.4, 0.5) is 0 Å². The zero-order valence-electron chi connectivity index (χ0n) is 26.7. The molecule has 9 nitrogen and oxygen atoms in total. The summed E-state index contributed by atoms with van der Waals surface area (Å²) in [7, 11) is 0. The van der Waals surface area contributed by atoms with Crippen molar-refractivity contribution in [3.8, 4) is 51.7 Å². The molecule has 9 rings (SSSR count). The second-order valence-corrected chi connectivity index (χ2v) is 13.2. The van der Waals surface area contributed by atoms with E-state index in [0.717, 1.165) is 16.7 Å². The van der Waals surface area contributed by atoms with Crippen LogP contribution in [0.25, 0.3) is 11.6 Å². The van der Waals surface area contributed by atoms with Gasteiger partial charge in [0, 0.05) is 28.8 Å². The van der Waals surface area contributed by atoms with Gasteiger partial charge in [0.15, 0.2) is 0 Å². The summed E-state index contributed by atoms with van der Waals surface area (Å²) in [5.74, 6) is -0.561. The third-order valence-corrected chi connectivity index (χ3v) is 10.0. The summed E-state index contributed by atoms with van der Waals surface area (Å²) in [6.45, 7) is 0. The lowest BCUT2D eigenvalue weighted by molar-refractivity contribution is 0.217. The average Bonchev–Trinajstić information content (AvgIpc) is 3.64. The monoisotopic (exact) mass is 678 g/mol. The molecule has 6 aromatic carbocycles. The number of hydrogen-bond acceptors (Lipinski definition) is 9. The average molecular weight is 679 g/mol. The van der Waals surface area contributed by atoms with Gasteiger partial charge in [0.05, 0.1) is 11.8 Å². The molecule has 0 saturated heterocycles. The second kappa shape index (κ2) is 11.1. The maximum Gasteiger partial charge on any atom is 0.136 e. The van der Waals surface area contributed by atoms with Crippen LogP contribution in [0.1, 0.15) is 74.1 Å². The summed E-state index contributed by atoms with van der Waals surface area (Å²) in [6.07, 6.45) is 0.548. The molecule has 252 valence electrons. The highest BCUT2D eigenvalue weighted by molar-refractivity contribution is 5.98. The normalized spacial score (nSPS) is 19.6. The van der Waals surface area contributed by atoms with Gasteiger partial charge in [-0.1, -0.05) is 36.4 Å². The molecule has 2 heterocycles. The van der Waals surface area contributed by atoms with Crippen LogP contribution in [0.2, 0.25) is 0 Å². The number of rotatable bonds is 4. The van der Waals surface area contributed by atoms with Crippen molar-refractivity contribution in [1.82, 2.24) is 0 Å². The van der Waals surface area contributed by atoms with E-state index in [9.17, 15) is 35.7 Å². The van der Waals surface area contributed by atoms with E-state index >= 15 is 0 Å². The van der Waals surface area contributed by atoms with Crippen LogP contribution in [0.15, 0.2) is 109 Å². The second-order valence-electron chi connectivity index (χ2n) is 13.2. The van der Waals surface area contributed by atoms with E-state index in [-0.39, 0.29) is 40.2 Å². The molecule has 6 aromatic rings. The first-order valence-corrected chi connectivity index (χ1v) is 16.3. The summed E-state index contributed by atoms with van der Waals surface area (Å²) >= 11 is 0. The molecule has 9 heteroatoms. The van der Waals surface area contributed by atoms with Gasteiger partial charge in [-0.15, -0.1) is 0 Å². The number of phenolic OH excluding ortho intramolecular Hbond substituents is 7. The van der Waals surface area contributed by atoms with Gasteiger partial charge in [0.25, 0.3) is 0 Å². The maximum atomic E-state index is 12.2. The Morgan fingerprint density at radius 3 is 1.61 bits per heavy atom. The zero-order valence-corrected chi connectivity index (χ0v) is 26.7. The maximum absolute atomic E-state index is 12.2. The van der Waals surface area contributed by atoms with Crippen LogP contribution in [-0.2, 0) is 0 Å². The zero-order chi connectivity index (χ0) is 35.1. The van der Waals surface area contributed by atoms with E-state index in [1.165, 1.54) is 18.2 Å². The van der Waals surface area contributed by atoms with E-state index in [0.29, 0.717) is 50.5 Å². The van der Waals surface area contributed by atoms with Crippen LogP contribution in [0.5, 0.6) is 51.7 Å². The van der Waals surface area contributed by atoms with Crippen molar-refractivity contribution >= 4 is 11.6 Å². The first kappa shape index (κ1) is 30.3. The third kappa shape index (κ3) is 4.85. The van der Waals surface area contributed by atoms with Crippen molar-refractivity contribution in [2.45, 2.75) is 24.0 Å². The fourth-order valence-electron chi connectivity index (χ4n) is 7.91. The largest absolute Gasteiger partial charge is 0.508 e. The molecular weight excluding hydrogens is 648 g/mol. The van der Waals surface area contributed by atoms with Gasteiger partial charge in [-0.2, -0.15) is 0 Å². The van der Waals surface area contributed by atoms with Crippen molar-refractivity contribution in [3.05, 3.63) is 159 Å². The Morgan fingerprint density at radius 1 is 0.451 bits per heavy atom. The van der Waals surface area contributed by atoms with Crippen LogP contribution >= 0.6 is 0 Å². The summed E-state index contributed by atoms with van der Waals surface area (Å²) in [4.78, 5) is 0. The highest BCUT2D eigenvalue weighted by Crippen LogP contribution is 2.62. The quantitative estimate of drug-likeness (QED) is 0.0979. The molecule has 7 N–H and O–H groups in total. The van der Waals surface area contributed by atoms with Gasteiger partial charge in [-0.25, -0.2) is 0 Å². The van der Waals surface area contributed by atoms with Crippen molar-refractivity contribution in [2.24, 2.45) is 0 Å². The number of hydrogen-bond donors (Lipinski definition) is 7. The Labute approximate surface area is 291 Å². The standard InChI is InChI=1S/C42H30O9/c43-25-7-1-20(2-8-25)31-16-24-15-30(48)18-34-35(24)38(41(50-34)22-5-11-27(45)12-6-22)32-19-33(49)39-36(23-13-28(46)17-29(47)14-23)40(51-42(39)37(31)32)21-3-9-26(44)10-4-21/h1-19,36,38,40-41,43-49H/t36-,38+,40+,41-/m0/s1. The van der Waals surface area contributed by atoms with E-state index in [2.05, 4.69) is 0 Å². The smallest absolute Gasteiger partial charge is 0.136 e. The first-order valence-electron chi connectivity index (χ1n) is 16.3. The molecule has 0 aromatic heterocycles. The molecule has 0 bridgehead atoms. The minimum atomic E-state index is -0.766. The van der Waals surface area contributed by atoms with Crippen LogP contribution in [0.3, 0.4) is 0 Å². The number of phenols is 7. The van der Waals surface area contributed by atoms with E-state index in [1.54, 1.807) is 91.0 Å². The molecule has 0 saturated carbocycles. The lowest BCUT2D eigenvalue weighted by Crippen LogP contribution is -2.13. The SMILES string of the molecule is Oc1ccc(C2=Cc3cc(O)cc4c3[C@@H](c3cc(O)c5c(c32)O[C@H](c2ccc(O)cc2)[C@H]5c2cc(O)cc(O)c2)[C@H](c2ccc(O)cc2)O4)cc1. The fourth-order valence-corrected chi connectivity index (χ4v) is 7.91. The van der Waals surface area contributed by atoms with Gasteiger partial charge in [0.2, 0.25) is 0 Å². The van der Waals surface area contributed by atoms with Crippen molar-refractivity contribution in [1.29, 1.82) is 0 Å². The number of benzene rings is 6. The molecule has 1 aliphatic carbocycles. The summed E-state index contributed by atoms with van der Waals surface area (Å²) in [6, 6.07) is 29.2. The molecule has 51 heavy (non-hydrogen) atoms. The Bertz CT molecular complexity index is 2380. The van der Waals surface area contributed by atoms with E-state index in [1.807, 2.05) is 6.08 Å². The molecule has 2 aliphatic heterocycles. The minimum Gasteiger partial charge on any atom is -0.508 e. The molecule has 4 atom stereocenters. The van der Waals surface area contributed by atoms with Crippen molar-refractivity contribution in [2.75, 3.05) is 0 Å². The molecule has 0 unspecified atom stereocenters. The number of ether oxygens (including phenoxy) is 2. The minimum absolute atomic E-state index is 0.00148. The van der Waals surface area contributed by atoms with E-state index < -0.39 is 24.0 Å². The van der Waals surface area contributed by atoms with Crippen LogP contribution in [0, 0.1) is 0 Å². The molecule has 0 spiro atoms. The Morgan fingerprint density at radius 2 is 1.00 bits per heavy atom. The third-order valence-electron chi connectivity index (χ3n) is 10.0. The Hall–Kier alpha value is -6.74. The fraction of sp³-hybridized carbons (Fsp3) is 0.0952. The predicted molar refractivity (Wildman–Crippen MR) is 188 cm³/mol. The highest BCUT2D eigenvalue weighted by Gasteiger charge is 2.47. The number of aromatic hydroxyl groups is 7. The Balaban J connectivity index is 1.36. The lowest BCUT2D eigenvalue weighted by Gasteiger charge is -2.25. The molecule has 0 amide bonds. The van der Waals surface area contributed by atoms with Crippen molar-refractivity contribution < 1.29 is 45.2 Å². The summed E-state index contributed by atoms with van der Waals surface area (Å²) in [5, 5.41) is 74.7. The molecule has 3 aliphatic rings. The van der Waals surface area contributed by atoms with Gasteiger partial charge in [0.1, 0.15) is 64.0 Å². The molecule has 0 radical (unpaired) electrons. The molecule has 0 fully saturated rings. The van der Waals surface area contributed by atoms with E-state index in [4.69, 9.17) is 9.47 Å². The van der Waals surface area contributed by atoms with Crippen LogP contribution in [-0.4, -0.2) is 35.7 Å². The van der Waals surface area contributed by atoms with Gasteiger partial charge in [-0.3, -0.25) is 0 Å². The summed E-state index contributed by atoms with van der Waals surface area (Å²) in [5.41, 5.74) is 6.57.